The van der Waals surface area contributed by atoms with Crippen LogP contribution in [0.15, 0.2) is 29.4 Å². The lowest BCUT2D eigenvalue weighted by atomic mass is 9.86. The Morgan fingerprint density at radius 2 is 2.19 bits per heavy atom. The summed E-state index contributed by atoms with van der Waals surface area (Å²) < 4.78 is 4.94. The Bertz CT molecular complexity index is 776. The molecule has 1 aliphatic carbocycles. The highest BCUT2D eigenvalue weighted by Crippen LogP contribution is 2.31. The van der Waals surface area contributed by atoms with Crippen LogP contribution < -0.4 is 5.32 Å². The van der Waals surface area contributed by atoms with Gasteiger partial charge in [0.25, 0.3) is 17.1 Å². The minimum Gasteiger partial charge on any atom is -0.455 e. The van der Waals surface area contributed by atoms with E-state index in [0.717, 1.165) is 41.5 Å². The van der Waals surface area contributed by atoms with Crippen LogP contribution in [0.4, 0.5) is 4.79 Å². The van der Waals surface area contributed by atoms with Crippen molar-refractivity contribution in [3.8, 4) is 0 Å². The smallest absolute Gasteiger partial charge is 0.309 e. The lowest BCUT2D eigenvalue weighted by Gasteiger charge is -2.22. The lowest BCUT2D eigenvalue weighted by molar-refractivity contribution is -0.155. The second kappa shape index (κ2) is 8.81. The number of nitrogens with zero attached hydrogens (tertiary/aromatic N) is 2. The fraction of sp³-hybridized carbons (Fsp3) is 0.389. The van der Waals surface area contributed by atoms with Gasteiger partial charge in [0.2, 0.25) is 0 Å². The molecular weight excluding hydrogens is 370 g/mol. The van der Waals surface area contributed by atoms with Gasteiger partial charge in [0, 0.05) is 25.5 Å². The molecule has 27 heavy (non-hydrogen) atoms. The Labute approximate surface area is 160 Å². The van der Waals surface area contributed by atoms with E-state index in [1.807, 2.05) is 0 Å². The predicted molar refractivity (Wildman–Crippen MR) is 98.2 cm³/mol. The van der Waals surface area contributed by atoms with Crippen LogP contribution in [0, 0.1) is 5.92 Å². The molecule has 9 heteroatoms. The molecule has 0 atom stereocenters. The van der Waals surface area contributed by atoms with E-state index in [9.17, 15) is 19.2 Å². The number of aromatic nitrogens is 1. The summed E-state index contributed by atoms with van der Waals surface area (Å²) in [5.41, 5.74) is 0.726. The zero-order valence-electron chi connectivity index (χ0n) is 14.6. The normalized spacial score (nSPS) is 18.5. The summed E-state index contributed by atoms with van der Waals surface area (Å²) >= 11 is 0.850. The monoisotopic (exact) mass is 389 g/mol. The van der Waals surface area contributed by atoms with Crippen LogP contribution in [-0.2, 0) is 19.1 Å². The van der Waals surface area contributed by atoms with Crippen LogP contribution in [0.5, 0.6) is 0 Å². The number of hydrogen-bond donors (Lipinski definition) is 1. The predicted octanol–water partition coefficient (Wildman–Crippen LogP) is 1.58. The van der Waals surface area contributed by atoms with Crippen LogP contribution >= 0.6 is 11.8 Å². The molecule has 0 bridgehead atoms. The van der Waals surface area contributed by atoms with Crippen LogP contribution in [0.3, 0.4) is 0 Å². The molecule has 1 saturated carbocycles. The van der Waals surface area contributed by atoms with Crippen molar-refractivity contribution in [1.82, 2.24) is 15.2 Å². The fourth-order valence-corrected chi connectivity index (χ4v) is 3.43. The number of imide groups is 1. The Morgan fingerprint density at radius 3 is 2.85 bits per heavy atom. The number of pyridine rings is 1. The van der Waals surface area contributed by atoms with Crippen molar-refractivity contribution in [3.05, 3.63) is 35.0 Å². The molecule has 3 rings (SSSR count). The van der Waals surface area contributed by atoms with E-state index in [2.05, 4.69) is 10.3 Å². The number of hydrogen-bond acceptors (Lipinski definition) is 7. The first-order valence-corrected chi connectivity index (χ1v) is 9.45. The summed E-state index contributed by atoms with van der Waals surface area (Å²) in [5, 5.41) is 2.16. The quantitative estimate of drug-likeness (QED) is 0.557. The topological polar surface area (TPSA) is 106 Å². The highest BCUT2D eigenvalue weighted by atomic mass is 32.2. The first kappa shape index (κ1) is 19.1. The van der Waals surface area contributed by atoms with E-state index in [4.69, 9.17) is 4.74 Å². The molecule has 1 aromatic heterocycles. The van der Waals surface area contributed by atoms with Crippen molar-refractivity contribution >= 4 is 40.9 Å². The van der Waals surface area contributed by atoms with E-state index in [1.165, 1.54) is 0 Å². The van der Waals surface area contributed by atoms with Crippen LogP contribution in [0.2, 0.25) is 0 Å². The Hall–Kier alpha value is -2.68. The van der Waals surface area contributed by atoms with Crippen molar-refractivity contribution in [2.75, 3.05) is 19.7 Å². The Morgan fingerprint density at radius 1 is 1.37 bits per heavy atom. The van der Waals surface area contributed by atoms with Gasteiger partial charge in [-0.2, -0.15) is 0 Å². The standard InChI is InChI=1S/C18H19N3O5S/c22-15(11-26-17(24)13-4-1-5-13)20-7-8-21-16(23)14(27-18(21)25)9-12-3-2-6-19-10-12/h2-3,6,9-10,13H,1,4-5,7-8,11H2,(H,20,22)/b14-9-. The largest absolute Gasteiger partial charge is 0.455 e. The van der Waals surface area contributed by atoms with Crippen molar-refractivity contribution in [2.24, 2.45) is 5.92 Å². The molecule has 3 amide bonds. The second-order valence-electron chi connectivity index (χ2n) is 6.21. The van der Waals surface area contributed by atoms with Crippen molar-refractivity contribution in [3.63, 3.8) is 0 Å². The molecule has 1 N–H and O–H groups in total. The first-order chi connectivity index (χ1) is 13.0. The Kier molecular flexibility index (Phi) is 6.23. The van der Waals surface area contributed by atoms with Crippen molar-refractivity contribution in [2.45, 2.75) is 19.3 Å². The number of carbonyl (C=O) groups is 4. The maximum absolute atomic E-state index is 12.3. The molecule has 1 saturated heterocycles. The summed E-state index contributed by atoms with van der Waals surface area (Å²) in [4.78, 5) is 53.0. The summed E-state index contributed by atoms with van der Waals surface area (Å²) in [6.45, 7) is -0.201. The average Bonchev–Trinajstić information content (AvgIpc) is 2.87. The molecule has 2 fully saturated rings. The first-order valence-electron chi connectivity index (χ1n) is 8.63. The molecule has 2 heterocycles. The van der Waals surface area contributed by atoms with E-state index >= 15 is 0 Å². The van der Waals surface area contributed by atoms with E-state index in [1.54, 1.807) is 30.6 Å². The third-order valence-electron chi connectivity index (χ3n) is 4.30. The summed E-state index contributed by atoms with van der Waals surface area (Å²) in [6.07, 6.45) is 7.46. The molecular formula is C18H19N3O5S. The highest BCUT2D eigenvalue weighted by molar-refractivity contribution is 8.18. The SMILES string of the molecule is O=C(COC(=O)C1CCC1)NCCN1C(=O)S/C(=C\c2cccnc2)C1=O. The van der Waals surface area contributed by atoms with E-state index in [-0.39, 0.29) is 36.8 Å². The van der Waals surface area contributed by atoms with Gasteiger partial charge in [-0.15, -0.1) is 0 Å². The van der Waals surface area contributed by atoms with Crippen molar-refractivity contribution in [1.29, 1.82) is 0 Å². The molecule has 0 spiro atoms. The average molecular weight is 389 g/mol. The molecule has 0 radical (unpaired) electrons. The maximum atomic E-state index is 12.3. The fourth-order valence-electron chi connectivity index (χ4n) is 2.56. The van der Waals surface area contributed by atoms with Gasteiger partial charge in [0.05, 0.1) is 10.8 Å². The Balaban J connectivity index is 1.43. The molecule has 142 valence electrons. The van der Waals surface area contributed by atoms with Gasteiger partial charge < -0.3 is 10.1 Å². The number of nitrogens with one attached hydrogen (secondary N) is 1. The zero-order valence-corrected chi connectivity index (χ0v) is 15.4. The minimum atomic E-state index is -0.458. The molecule has 2 aliphatic rings. The van der Waals surface area contributed by atoms with Gasteiger partial charge in [-0.1, -0.05) is 12.5 Å². The lowest BCUT2D eigenvalue weighted by Crippen LogP contribution is -2.39. The minimum absolute atomic E-state index is 0.0529. The van der Waals surface area contributed by atoms with Gasteiger partial charge in [-0.25, -0.2) is 0 Å². The van der Waals surface area contributed by atoms with Gasteiger partial charge in [0.1, 0.15) is 0 Å². The molecule has 1 aliphatic heterocycles. The number of rotatable bonds is 7. The zero-order chi connectivity index (χ0) is 19.2. The molecule has 0 aromatic carbocycles. The van der Waals surface area contributed by atoms with Crippen molar-refractivity contribution < 1.29 is 23.9 Å². The van der Waals surface area contributed by atoms with Gasteiger partial charge in [-0.05, 0) is 42.3 Å². The molecule has 1 aromatic rings. The van der Waals surface area contributed by atoms with Crippen LogP contribution in [-0.4, -0.2) is 52.6 Å². The third-order valence-corrected chi connectivity index (χ3v) is 5.20. The van der Waals surface area contributed by atoms with E-state index < -0.39 is 11.8 Å². The van der Waals surface area contributed by atoms with Gasteiger partial charge in [-0.3, -0.25) is 29.1 Å². The number of thioether (sulfide) groups is 1. The summed E-state index contributed by atoms with van der Waals surface area (Å²) in [5.74, 6) is -1.29. The van der Waals surface area contributed by atoms with Gasteiger partial charge >= 0.3 is 5.97 Å². The highest BCUT2D eigenvalue weighted by Gasteiger charge is 2.34. The maximum Gasteiger partial charge on any atom is 0.309 e. The number of amides is 3. The van der Waals surface area contributed by atoms with Crippen LogP contribution in [0.25, 0.3) is 6.08 Å². The van der Waals surface area contributed by atoms with Crippen LogP contribution in [0.1, 0.15) is 24.8 Å². The molecule has 0 unspecified atom stereocenters. The number of ether oxygens (including phenoxy) is 1. The third kappa shape index (κ3) is 4.94. The second-order valence-corrected chi connectivity index (χ2v) is 7.20. The summed E-state index contributed by atoms with van der Waals surface area (Å²) in [7, 11) is 0. The summed E-state index contributed by atoms with van der Waals surface area (Å²) in [6, 6.07) is 3.52. The van der Waals surface area contributed by atoms with E-state index in [0.29, 0.717) is 4.91 Å². The number of carbonyl (C=O) groups excluding carboxylic acids is 4. The molecule has 8 nitrogen and oxygen atoms in total. The van der Waals surface area contributed by atoms with Gasteiger partial charge in [0.15, 0.2) is 6.61 Å². The number of esters is 1.